The fourth-order valence-electron chi connectivity index (χ4n) is 2.95. The molecule has 1 heterocycles. The molecule has 0 aromatic carbocycles. The van der Waals surface area contributed by atoms with Crippen LogP contribution in [0.4, 0.5) is 5.82 Å². The minimum absolute atomic E-state index is 0.0403. The van der Waals surface area contributed by atoms with E-state index in [9.17, 15) is 0 Å². The van der Waals surface area contributed by atoms with E-state index < -0.39 is 0 Å². The molecule has 0 spiro atoms. The van der Waals surface area contributed by atoms with Crippen molar-refractivity contribution < 1.29 is 9.47 Å². The van der Waals surface area contributed by atoms with Crippen LogP contribution in [0.2, 0.25) is 0 Å². The van der Waals surface area contributed by atoms with Crippen LogP contribution in [0, 0.1) is 0 Å². The van der Waals surface area contributed by atoms with Crippen molar-refractivity contribution in [1.82, 2.24) is 14.9 Å². The molecule has 0 saturated heterocycles. The molecule has 6 nitrogen and oxygen atoms in total. The third kappa shape index (κ3) is 5.40. The molecule has 1 saturated carbocycles. The van der Waals surface area contributed by atoms with Gasteiger partial charge in [-0.25, -0.2) is 9.97 Å². The molecule has 1 aliphatic rings. The van der Waals surface area contributed by atoms with Crippen molar-refractivity contribution in [1.29, 1.82) is 0 Å². The van der Waals surface area contributed by atoms with Crippen molar-refractivity contribution in [3.05, 3.63) is 18.1 Å². The van der Waals surface area contributed by atoms with Crippen LogP contribution in [0.25, 0.3) is 0 Å². The Kier molecular flexibility index (Phi) is 6.95. The van der Waals surface area contributed by atoms with E-state index in [1.807, 2.05) is 0 Å². The minimum atomic E-state index is 0.0403. The van der Waals surface area contributed by atoms with Crippen LogP contribution in [-0.4, -0.2) is 67.5 Å². The second-order valence-corrected chi connectivity index (χ2v) is 7.53. The maximum atomic E-state index is 5.22. The highest BCUT2D eigenvalue weighted by atomic mass is 16.5. The second kappa shape index (κ2) is 8.74. The fourth-order valence-corrected chi connectivity index (χ4v) is 2.95. The molecule has 0 unspecified atom stereocenters. The lowest BCUT2D eigenvalue weighted by Crippen LogP contribution is -2.51. The van der Waals surface area contributed by atoms with Crippen molar-refractivity contribution >= 4 is 5.82 Å². The minimum Gasteiger partial charge on any atom is -0.383 e. The summed E-state index contributed by atoms with van der Waals surface area (Å²) in [6.07, 6.45) is 3.91. The zero-order chi connectivity index (χ0) is 17.6. The maximum absolute atomic E-state index is 5.22. The predicted octanol–water partition coefficient (Wildman–Crippen LogP) is 2.31. The van der Waals surface area contributed by atoms with Crippen molar-refractivity contribution in [2.75, 3.05) is 45.8 Å². The SMILES string of the molecule is COCCN(CCOC)[C@H]1C[C@@H](Nc2cc(C(C)(C)C)ncn2)C1. The highest BCUT2D eigenvalue weighted by molar-refractivity contribution is 5.38. The van der Waals surface area contributed by atoms with Crippen molar-refractivity contribution in [3.8, 4) is 0 Å². The van der Waals surface area contributed by atoms with Crippen molar-refractivity contribution in [3.63, 3.8) is 0 Å². The van der Waals surface area contributed by atoms with Gasteiger partial charge in [-0.2, -0.15) is 0 Å². The van der Waals surface area contributed by atoms with Crippen LogP contribution in [0.1, 0.15) is 39.3 Å². The van der Waals surface area contributed by atoms with Gasteiger partial charge >= 0.3 is 0 Å². The lowest BCUT2D eigenvalue weighted by Gasteiger charge is -2.43. The zero-order valence-corrected chi connectivity index (χ0v) is 15.7. The average Bonchev–Trinajstić information content (AvgIpc) is 2.51. The van der Waals surface area contributed by atoms with E-state index in [1.165, 1.54) is 0 Å². The van der Waals surface area contributed by atoms with Crippen molar-refractivity contribution in [2.24, 2.45) is 0 Å². The Bertz CT molecular complexity index is 490. The van der Waals surface area contributed by atoms with E-state index in [1.54, 1.807) is 20.5 Å². The van der Waals surface area contributed by atoms with Crippen LogP contribution < -0.4 is 5.32 Å². The van der Waals surface area contributed by atoms with E-state index in [4.69, 9.17) is 9.47 Å². The standard InChI is InChI=1S/C18H32N4O2/c1-18(2,3)16-12-17(20-13-19-16)21-14-10-15(11-14)22(6-8-23-4)7-9-24-5/h12-15H,6-11H2,1-5H3,(H,19,20,21)/t14-,15+. The van der Waals surface area contributed by atoms with Gasteiger partial charge < -0.3 is 14.8 Å². The summed E-state index contributed by atoms with van der Waals surface area (Å²) in [6, 6.07) is 3.14. The molecule has 0 atom stereocenters. The molecule has 0 amide bonds. The molecular weight excluding hydrogens is 304 g/mol. The Hall–Kier alpha value is -1.24. The zero-order valence-electron chi connectivity index (χ0n) is 15.7. The molecule has 1 fully saturated rings. The van der Waals surface area contributed by atoms with E-state index >= 15 is 0 Å². The molecule has 136 valence electrons. The highest BCUT2D eigenvalue weighted by Crippen LogP contribution is 2.29. The Balaban J connectivity index is 1.85. The van der Waals surface area contributed by atoms with Gasteiger partial charge in [-0.15, -0.1) is 0 Å². The summed E-state index contributed by atoms with van der Waals surface area (Å²) in [6.45, 7) is 9.95. The number of aromatic nitrogens is 2. The third-order valence-electron chi connectivity index (χ3n) is 4.58. The van der Waals surface area contributed by atoms with Gasteiger partial charge in [0.05, 0.1) is 18.9 Å². The first-order valence-electron chi connectivity index (χ1n) is 8.75. The first kappa shape index (κ1) is 19.1. The number of anilines is 1. The van der Waals surface area contributed by atoms with Gasteiger partial charge in [0, 0.05) is 50.9 Å². The summed E-state index contributed by atoms with van der Waals surface area (Å²) in [7, 11) is 3.50. The van der Waals surface area contributed by atoms with Crippen LogP contribution in [-0.2, 0) is 14.9 Å². The molecule has 0 bridgehead atoms. The molecule has 1 aromatic heterocycles. The van der Waals surface area contributed by atoms with Gasteiger partial charge in [0.2, 0.25) is 0 Å². The number of methoxy groups -OCH3 is 2. The largest absolute Gasteiger partial charge is 0.383 e. The molecule has 0 aliphatic heterocycles. The maximum Gasteiger partial charge on any atom is 0.129 e. The molecule has 1 aromatic rings. The molecule has 6 heteroatoms. The Labute approximate surface area is 146 Å². The first-order chi connectivity index (χ1) is 11.4. The summed E-state index contributed by atoms with van der Waals surface area (Å²) in [5.41, 5.74) is 1.11. The van der Waals surface area contributed by atoms with Crippen molar-refractivity contribution in [2.45, 2.75) is 51.1 Å². The quantitative estimate of drug-likeness (QED) is 0.747. The summed E-state index contributed by atoms with van der Waals surface area (Å²) < 4.78 is 10.4. The number of rotatable bonds is 9. The molecule has 24 heavy (non-hydrogen) atoms. The van der Waals surface area contributed by atoms with Crippen LogP contribution in [0.3, 0.4) is 0 Å². The number of nitrogens with one attached hydrogen (secondary N) is 1. The third-order valence-corrected chi connectivity index (χ3v) is 4.58. The lowest BCUT2D eigenvalue weighted by atomic mass is 9.85. The van der Waals surface area contributed by atoms with Gasteiger partial charge in [0.1, 0.15) is 12.1 Å². The average molecular weight is 336 g/mol. The molecule has 0 radical (unpaired) electrons. The Morgan fingerprint density at radius 3 is 2.29 bits per heavy atom. The topological polar surface area (TPSA) is 59.5 Å². The number of ether oxygens (including phenoxy) is 2. The first-order valence-corrected chi connectivity index (χ1v) is 8.75. The molecule has 2 rings (SSSR count). The summed E-state index contributed by atoms with van der Waals surface area (Å²) >= 11 is 0. The van der Waals surface area contributed by atoms with E-state index in [0.717, 1.165) is 50.7 Å². The molecule has 1 aliphatic carbocycles. The van der Waals surface area contributed by atoms with Gasteiger partial charge in [-0.1, -0.05) is 20.8 Å². The summed E-state index contributed by atoms with van der Waals surface area (Å²) in [4.78, 5) is 11.2. The van der Waals surface area contributed by atoms with Crippen LogP contribution in [0.15, 0.2) is 12.4 Å². The Morgan fingerprint density at radius 2 is 1.75 bits per heavy atom. The molecular formula is C18H32N4O2. The van der Waals surface area contributed by atoms with Gasteiger partial charge in [0.15, 0.2) is 0 Å². The van der Waals surface area contributed by atoms with E-state index in [0.29, 0.717) is 12.1 Å². The van der Waals surface area contributed by atoms with E-state index in [2.05, 4.69) is 47.0 Å². The van der Waals surface area contributed by atoms with Crippen LogP contribution >= 0.6 is 0 Å². The number of hydrogen-bond donors (Lipinski definition) is 1. The monoisotopic (exact) mass is 336 g/mol. The Morgan fingerprint density at radius 1 is 1.12 bits per heavy atom. The highest BCUT2D eigenvalue weighted by Gasteiger charge is 2.33. The van der Waals surface area contributed by atoms with E-state index in [-0.39, 0.29) is 5.41 Å². The summed E-state index contributed by atoms with van der Waals surface area (Å²) in [5, 5.41) is 3.55. The molecule has 1 N–H and O–H groups in total. The lowest BCUT2D eigenvalue weighted by molar-refractivity contribution is 0.0546. The predicted molar refractivity (Wildman–Crippen MR) is 96.5 cm³/mol. The van der Waals surface area contributed by atoms with Gasteiger partial charge in [0.25, 0.3) is 0 Å². The van der Waals surface area contributed by atoms with Gasteiger partial charge in [-0.05, 0) is 12.8 Å². The van der Waals surface area contributed by atoms with Gasteiger partial charge in [-0.3, -0.25) is 4.90 Å². The fraction of sp³-hybridized carbons (Fsp3) is 0.778. The normalized spacial score (nSPS) is 20.9. The number of hydrogen-bond acceptors (Lipinski definition) is 6. The van der Waals surface area contributed by atoms with Crippen LogP contribution in [0.5, 0.6) is 0 Å². The number of nitrogens with zero attached hydrogens (tertiary/aromatic N) is 3. The summed E-state index contributed by atoms with van der Waals surface area (Å²) in [5.74, 6) is 0.929. The smallest absolute Gasteiger partial charge is 0.129 e. The second-order valence-electron chi connectivity index (χ2n) is 7.53.